The van der Waals surface area contributed by atoms with Crippen LogP contribution < -0.4 is 5.32 Å². The van der Waals surface area contributed by atoms with Crippen LogP contribution in [0.5, 0.6) is 0 Å². The van der Waals surface area contributed by atoms with Crippen molar-refractivity contribution in [2.75, 3.05) is 11.9 Å². The van der Waals surface area contributed by atoms with Crippen LogP contribution in [0.4, 0.5) is 5.69 Å². The monoisotopic (exact) mass is 300 g/mol. The zero-order chi connectivity index (χ0) is 15.7. The van der Waals surface area contributed by atoms with Gasteiger partial charge in [-0.2, -0.15) is 0 Å². The summed E-state index contributed by atoms with van der Waals surface area (Å²) < 4.78 is 0. The largest absolute Gasteiger partial charge is 0.384 e. The smallest absolute Gasteiger partial charge is 0.179 e. The van der Waals surface area contributed by atoms with Crippen LogP contribution in [0.25, 0.3) is 0 Å². The quantitative estimate of drug-likeness (QED) is 0.857. The van der Waals surface area contributed by atoms with E-state index in [1.54, 1.807) is 0 Å². The number of anilines is 1. The fourth-order valence-electron chi connectivity index (χ4n) is 4.24. The van der Waals surface area contributed by atoms with E-state index in [1.165, 1.54) is 30.5 Å². The Labute approximate surface area is 134 Å². The number of fused-ring (bicyclic) bond motifs is 1. The number of rotatable bonds is 4. The summed E-state index contributed by atoms with van der Waals surface area (Å²) >= 11 is 0. The molecule has 0 radical (unpaired) electrons. The van der Waals surface area contributed by atoms with Gasteiger partial charge in [-0.15, -0.1) is 0 Å². The number of benzene rings is 1. The first kappa shape index (κ1) is 15.5. The summed E-state index contributed by atoms with van der Waals surface area (Å²) in [6.45, 7) is 7.69. The van der Waals surface area contributed by atoms with Crippen molar-refractivity contribution in [1.82, 2.24) is 4.90 Å². The maximum Gasteiger partial charge on any atom is 0.179 e. The van der Waals surface area contributed by atoms with E-state index < -0.39 is 0 Å². The number of hydrogen-bond acceptors (Lipinski definition) is 3. The SMILES string of the molecule is CCC(C(=O)c1ccc2c(c1)CCN2)N1C(C)CCCC1C. The van der Waals surface area contributed by atoms with Crippen molar-refractivity contribution in [3.05, 3.63) is 29.3 Å². The van der Waals surface area contributed by atoms with Gasteiger partial charge in [0.1, 0.15) is 0 Å². The summed E-state index contributed by atoms with van der Waals surface area (Å²) in [4.78, 5) is 15.6. The summed E-state index contributed by atoms with van der Waals surface area (Å²) in [5, 5.41) is 3.37. The average Bonchev–Trinajstić information content (AvgIpc) is 2.98. The van der Waals surface area contributed by atoms with E-state index in [9.17, 15) is 4.79 Å². The van der Waals surface area contributed by atoms with Crippen molar-refractivity contribution in [3.63, 3.8) is 0 Å². The molecule has 0 bridgehead atoms. The fourth-order valence-corrected chi connectivity index (χ4v) is 4.24. The van der Waals surface area contributed by atoms with E-state index in [2.05, 4.69) is 43.1 Å². The summed E-state index contributed by atoms with van der Waals surface area (Å²) in [7, 11) is 0. The number of carbonyl (C=O) groups is 1. The van der Waals surface area contributed by atoms with Gasteiger partial charge in [0.25, 0.3) is 0 Å². The molecule has 0 saturated carbocycles. The predicted octanol–water partition coefficient (Wildman–Crippen LogP) is 3.88. The van der Waals surface area contributed by atoms with Crippen LogP contribution in [0, 0.1) is 0 Å². The lowest BCUT2D eigenvalue weighted by Crippen LogP contribution is -2.52. The molecule has 22 heavy (non-hydrogen) atoms. The van der Waals surface area contributed by atoms with Crippen LogP contribution in [-0.2, 0) is 6.42 Å². The van der Waals surface area contributed by atoms with Crippen LogP contribution in [0.15, 0.2) is 18.2 Å². The van der Waals surface area contributed by atoms with Gasteiger partial charge in [-0.25, -0.2) is 0 Å². The standard InChI is InChI=1S/C19H28N2O/c1-4-18(21-13(2)6-5-7-14(21)3)19(22)16-8-9-17-15(12-16)10-11-20-17/h8-9,12-14,18,20H,4-7,10-11H2,1-3H3. The second-order valence-electron chi connectivity index (χ2n) is 6.91. The molecule has 1 saturated heterocycles. The molecule has 0 amide bonds. The molecule has 1 aromatic rings. The molecule has 3 nitrogen and oxygen atoms in total. The average molecular weight is 300 g/mol. The molecule has 3 unspecified atom stereocenters. The van der Waals surface area contributed by atoms with Gasteiger partial charge in [0, 0.05) is 29.9 Å². The zero-order valence-corrected chi connectivity index (χ0v) is 14.1. The van der Waals surface area contributed by atoms with Crippen molar-refractivity contribution in [3.8, 4) is 0 Å². The van der Waals surface area contributed by atoms with Gasteiger partial charge in [0.2, 0.25) is 0 Å². The molecule has 1 fully saturated rings. The highest BCUT2D eigenvalue weighted by molar-refractivity contribution is 6.00. The number of ketones is 1. The minimum atomic E-state index is 0.0257. The molecule has 120 valence electrons. The van der Waals surface area contributed by atoms with E-state index >= 15 is 0 Å². The van der Waals surface area contributed by atoms with E-state index in [1.807, 2.05) is 6.07 Å². The Hall–Kier alpha value is -1.35. The Morgan fingerprint density at radius 3 is 2.73 bits per heavy atom. The van der Waals surface area contributed by atoms with Crippen LogP contribution in [0.2, 0.25) is 0 Å². The van der Waals surface area contributed by atoms with Gasteiger partial charge in [-0.3, -0.25) is 9.69 Å². The molecule has 0 spiro atoms. The normalized spacial score (nSPS) is 26.3. The van der Waals surface area contributed by atoms with E-state index in [0.717, 1.165) is 24.9 Å². The maximum absolute atomic E-state index is 13.1. The van der Waals surface area contributed by atoms with Crippen molar-refractivity contribution < 1.29 is 4.79 Å². The molecule has 1 N–H and O–H groups in total. The number of hydrogen-bond donors (Lipinski definition) is 1. The molecule has 0 aliphatic carbocycles. The van der Waals surface area contributed by atoms with Crippen LogP contribution in [0.1, 0.15) is 62.4 Å². The lowest BCUT2D eigenvalue weighted by Gasteiger charge is -2.43. The molecule has 2 aliphatic heterocycles. The summed E-state index contributed by atoms with van der Waals surface area (Å²) in [6, 6.07) is 7.23. The van der Waals surface area contributed by atoms with E-state index in [0.29, 0.717) is 17.9 Å². The van der Waals surface area contributed by atoms with Gasteiger partial charge < -0.3 is 5.32 Å². The van der Waals surface area contributed by atoms with Gasteiger partial charge in [-0.1, -0.05) is 13.3 Å². The number of carbonyl (C=O) groups excluding carboxylic acids is 1. The Kier molecular flexibility index (Phi) is 4.53. The fraction of sp³-hybridized carbons (Fsp3) is 0.632. The molecule has 2 aliphatic rings. The highest BCUT2D eigenvalue weighted by atomic mass is 16.1. The van der Waals surface area contributed by atoms with Crippen molar-refractivity contribution in [2.45, 2.75) is 71.0 Å². The van der Waals surface area contributed by atoms with Gasteiger partial charge in [0.15, 0.2) is 5.78 Å². The third-order valence-electron chi connectivity index (χ3n) is 5.41. The Bertz CT molecular complexity index is 544. The number of piperidine rings is 1. The molecular weight excluding hydrogens is 272 g/mol. The summed E-state index contributed by atoms with van der Waals surface area (Å²) in [5.74, 6) is 0.304. The lowest BCUT2D eigenvalue weighted by molar-refractivity contribution is 0.0432. The second-order valence-corrected chi connectivity index (χ2v) is 6.91. The Morgan fingerprint density at radius 1 is 1.32 bits per heavy atom. The van der Waals surface area contributed by atoms with Gasteiger partial charge in [-0.05, 0) is 63.3 Å². The van der Waals surface area contributed by atoms with Crippen LogP contribution in [0.3, 0.4) is 0 Å². The molecule has 3 rings (SSSR count). The zero-order valence-electron chi connectivity index (χ0n) is 14.1. The highest BCUT2D eigenvalue weighted by Gasteiger charge is 2.34. The third-order valence-corrected chi connectivity index (χ3v) is 5.41. The Balaban J connectivity index is 1.85. The first-order chi connectivity index (χ1) is 10.6. The second kappa shape index (κ2) is 6.41. The van der Waals surface area contributed by atoms with Crippen LogP contribution >= 0.6 is 0 Å². The number of likely N-dealkylation sites (tertiary alicyclic amines) is 1. The first-order valence-corrected chi connectivity index (χ1v) is 8.80. The van der Waals surface area contributed by atoms with Gasteiger partial charge >= 0.3 is 0 Å². The molecular formula is C19H28N2O. The third kappa shape index (κ3) is 2.79. The summed E-state index contributed by atoms with van der Waals surface area (Å²) in [6.07, 6.45) is 5.63. The van der Waals surface area contributed by atoms with Crippen molar-refractivity contribution in [2.24, 2.45) is 0 Å². The van der Waals surface area contributed by atoms with E-state index in [-0.39, 0.29) is 6.04 Å². The topological polar surface area (TPSA) is 32.3 Å². The molecule has 2 heterocycles. The molecule has 3 atom stereocenters. The Morgan fingerprint density at radius 2 is 2.05 bits per heavy atom. The predicted molar refractivity (Wildman–Crippen MR) is 91.7 cm³/mol. The minimum Gasteiger partial charge on any atom is -0.384 e. The summed E-state index contributed by atoms with van der Waals surface area (Å²) in [5.41, 5.74) is 3.38. The van der Waals surface area contributed by atoms with E-state index in [4.69, 9.17) is 0 Å². The molecule has 1 aromatic carbocycles. The van der Waals surface area contributed by atoms with Crippen molar-refractivity contribution >= 4 is 11.5 Å². The lowest BCUT2D eigenvalue weighted by atomic mass is 9.90. The minimum absolute atomic E-state index is 0.0257. The number of Topliss-reactive ketones (excluding diaryl/α,β-unsaturated/α-hetero) is 1. The van der Waals surface area contributed by atoms with Crippen LogP contribution in [-0.4, -0.2) is 35.4 Å². The molecule has 3 heteroatoms. The first-order valence-electron chi connectivity index (χ1n) is 8.80. The molecule has 0 aromatic heterocycles. The maximum atomic E-state index is 13.1. The van der Waals surface area contributed by atoms with Crippen molar-refractivity contribution in [1.29, 1.82) is 0 Å². The number of nitrogens with one attached hydrogen (secondary N) is 1. The highest BCUT2D eigenvalue weighted by Crippen LogP contribution is 2.29. The number of nitrogens with zero attached hydrogens (tertiary/aromatic N) is 1. The van der Waals surface area contributed by atoms with Gasteiger partial charge in [0.05, 0.1) is 6.04 Å².